The van der Waals surface area contributed by atoms with Gasteiger partial charge in [0.1, 0.15) is 11.5 Å². The fraction of sp³-hybridized carbons (Fsp3) is 0.241. The van der Waals surface area contributed by atoms with Gasteiger partial charge in [-0.25, -0.2) is 4.98 Å². The van der Waals surface area contributed by atoms with E-state index in [0.29, 0.717) is 5.56 Å². The summed E-state index contributed by atoms with van der Waals surface area (Å²) in [5.74, 6) is 1.69. The molecule has 0 aliphatic carbocycles. The minimum atomic E-state index is 0. The van der Waals surface area contributed by atoms with Gasteiger partial charge in [-0.2, -0.15) is 5.26 Å². The number of unbranched alkanes of at least 4 members (excludes halogenated alkanes) is 1. The first-order valence-electron chi connectivity index (χ1n) is 11.8. The first-order chi connectivity index (χ1) is 16.7. The van der Waals surface area contributed by atoms with Gasteiger partial charge in [0, 0.05) is 25.8 Å². The third kappa shape index (κ3) is 7.71. The number of nitriles is 1. The number of imidazole rings is 1. The second-order valence-electron chi connectivity index (χ2n) is 8.44. The maximum absolute atomic E-state index is 9.02. The molecule has 0 atom stereocenters. The summed E-state index contributed by atoms with van der Waals surface area (Å²) >= 11 is 0. The maximum atomic E-state index is 9.02. The van der Waals surface area contributed by atoms with Crippen molar-refractivity contribution in [3.8, 4) is 17.6 Å². The fourth-order valence-corrected chi connectivity index (χ4v) is 3.87. The van der Waals surface area contributed by atoms with Gasteiger partial charge in [-0.1, -0.05) is 55.8 Å². The highest BCUT2D eigenvalue weighted by Gasteiger charge is 2.11. The molecule has 35 heavy (non-hydrogen) atoms. The van der Waals surface area contributed by atoms with Gasteiger partial charge in [0.15, 0.2) is 0 Å². The summed E-state index contributed by atoms with van der Waals surface area (Å²) < 4.78 is 8.12. The average Bonchev–Trinajstić information content (AvgIpc) is 3.31. The molecule has 180 valence electrons. The number of benzene rings is 3. The van der Waals surface area contributed by atoms with Crippen molar-refractivity contribution in [3.63, 3.8) is 0 Å². The smallest absolute Gasteiger partial charge is 0.127 e. The van der Waals surface area contributed by atoms with Crippen LogP contribution in [0.3, 0.4) is 0 Å². The Hall–Kier alpha value is -3.59. The first kappa shape index (κ1) is 26.0. The van der Waals surface area contributed by atoms with Crippen molar-refractivity contribution in [3.05, 3.63) is 114 Å². The van der Waals surface area contributed by atoms with Crippen LogP contribution in [-0.2, 0) is 19.6 Å². The molecule has 5 nitrogen and oxygen atoms in total. The van der Waals surface area contributed by atoms with Crippen LogP contribution in [0.15, 0.2) is 91.4 Å². The lowest BCUT2D eigenvalue weighted by Crippen LogP contribution is -2.25. The van der Waals surface area contributed by atoms with Crippen LogP contribution in [0, 0.1) is 11.3 Å². The van der Waals surface area contributed by atoms with E-state index >= 15 is 0 Å². The fourth-order valence-electron chi connectivity index (χ4n) is 3.87. The Balaban J connectivity index is 0.00000342. The Kier molecular flexibility index (Phi) is 9.92. The van der Waals surface area contributed by atoms with Gasteiger partial charge >= 0.3 is 0 Å². The van der Waals surface area contributed by atoms with Crippen molar-refractivity contribution in [2.45, 2.75) is 39.4 Å². The van der Waals surface area contributed by atoms with Crippen LogP contribution in [0.5, 0.6) is 11.5 Å². The van der Waals surface area contributed by atoms with Crippen LogP contribution in [0.4, 0.5) is 0 Å². The molecule has 0 unspecified atom stereocenters. The second kappa shape index (κ2) is 13.3. The summed E-state index contributed by atoms with van der Waals surface area (Å²) in [6.07, 6.45) is 6.16. The topological polar surface area (TPSA) is 54.1 Å². The van der Waals surface area contributed by atoms with Crippen LogP contribution in [-0.4, -0.2) is 21.0 Å². The zero-order valence-corrected chi connectivity index (χ0v) is 20.8. The summed E-state index contributed by atoms with van der Waals surface area (Å²) in [7, 11) is 0. The predicted octanol–water partition coefficient (Wildman–Crippen LogP) is 6.82. The molecule has 4 rings (SSSR count). The molecule has 0 fully saturated rings. The van der Waals surface area contributed by atoms with Gasteiger partial charge in [-0.3, -0.25) is 4.90 Å². The van der Waals surface area contributed by atoms with Crippen LogP contribution >= 0.6 is 12.4 Å². The quantitative estimate of drug-likeness (QED) is 0.233. The number of rotatable bonds is 11. The van der Waals surface area contributed by atoms with E-state index in [1.54, 1.807) is 0 Å². The molecule has 6 heteroatoms. The molecule has 0 aliphatic rings. The van der Waals surface area contributed by atoms with E-state index < -0.39 is 0 Å². The highest BCUT2D eigenvalue weighted by atomic mass is 35.5. The van der Waals surface area contributed by atoms with Crippen LogP contribution in [0.2, 0.25) is 0 Å². The number of halogens is 1. The third-order valence-electron chi connectivity index (χ3n) is 5.76. The Morgan fingerprint density at radius 1 is 0.886 bits per heavy atom. The second-order valence-corrected chi connectivity index (χ2v) is 8.44. The molecule has 0 aliphatic heterocycles. The summed E-state index contributed by atoms with van der Waals surface area (Å²) in [5, 5.41) is 9.02. The van der Waals surface area contributed by atoms with E-state index in [2.05, 4.69) is 39.6 Å². The number of aromatic nitrogens is 2. The number of para-hydroxylation sites is 1. The molecule has 1 heterocycles. The standard InChI is InChI=1S/C29H30N4O.ClH/c1-2-3-17-32(20-25-13-15-29(16-14-25)34-28-7-5-4-6-8-28)22-27-19-31-23-33(27)21-26-11-9-24(18-30)10-12-26;/h4-16,19,23H,2-3,17,20-22H2,1H3;1H. The van der Waals surface area contributed by atoms with Crippen LogP contribution in [0.1, 0.15) is 42.1 Å². The number of nitrogens with zero attached hydrogens (tertiary/aromatic N) is 4. The minimum Gasteiger partial charge on any atom is -0.457 e. The van der Waals surface area contributed by atoms with Gasteiger partial charge in [0.25, 0.3) is 0 Å². The lowest BCUT2D eigenvalue weighted by atomic mass is 10.1. The molecule has 0 bridgehead atoms. The van der Waals surface area contributed by atoms with E-state index in [1.165, 1.54) is 11.3 Å². The van der Waals surface area contributed by atoms with Crippen molar-refractivity contribution in [2.24, 2.45) is 0 Å². The van der Waals surface area contributed by atoms with Gasteiger partial charge in [0.2, 0.25) is 0 Å². The van der Waals surface area contributed by atoms with Crippen molar-refractivity contribution >= 4 is 12.4 Å². The molecule has 0 saturated heterocycles. The lowest BCUT2D eigenvalue weighted by Gasteiger charge is -2.23. The number of hydrogen-bond donors (Lipinski definition) is 0. The van der Waals surface area contributed by atoms with Crippen LogP contribution in [0.25, 0.3) is 0 Å². The Labute approximate surface area is 214 Å². The summed E-state index contributed by atoms with van der Waals surface area (Å²) in [6, 6.07) is 28.1. The van der Waals surface area contributed by atoms with Gasteiger partial charge in [-0.05, 0) is 60.5 Å². The van der Waals surface area contributed by atoms with Gasteiger partial charge < -0.3 is 9.30 Å². The molecular formula is C29H31ClN4O. The Morgan fingerprint density at radius 2 is 1.57 bits per heavy atom. The molecule has 0 spiro atoms. The first-order valence-corrected chi connectivity index (χ1v) is 11.8. The van der Waals surface area contributed by atoms with E-state index in [1.807, 2.05) is 79.3 Å². The third-order valence-corrected chi connectivity index (χ3v) is 5.76. The van der Waals surface area contributed by atoms with E-state index in [9.17, 15) is 0 Å². The molecule has 4 aromatic rings. The normalized spacial score (nSPS) is 10.5. The monoisotopic (exact) mass is 486 g/mol. The molecule has 0 amide bonds. The summed E-state index contributed by atoms with van der Waals surface area (Å²) in [4.78, 5) is 6.89. The minimum absolute atomic E-state index is 0. The number of hydrogen-bond acceptors (Lipinski definition) is 4. The Bertz CT molecular complexity index is 1200. The molecule has 0 radical (unpaired) electrons. The van der Waals surface area contributed by atoms with E-state index in [4.69, 9.17) is 10.00 Å². The molecule has 1 aromatic heterocycles. The lowest BCUT2D eigenvalue weighted by molar-refractivity contribution is 0.246. The zero-order chi connectivity index (χ0) is 23.6. The zero-order valence-electron chi connectivity index (χ0n) is 20.0. The molecule has 3 aromatic carbocycles. The summed E-state index contributed by atoms with van der Waals surface area (Å²) in [6.45, 7) is 5.70. The van der Waals surface area contributed by atoms with Crippen molar-refractivity contribution < 1.29 is 4.74 Å². The number of ether oxygens (including phenoxy) is 1. The van der Waals surface area contributed by atoms with Crippen molar-refractivity contribution in [1.82, 2.24) is 14.5 Å². The van der Waals surface area contributed by atoms with Crippen LogP contribution < -0.4 is 4.74 Å². The van der Waals surface area contributed by atoms with Gasteiger partial charge in [0.05, 0.1) is 23.7 Å². The van der Waals surface area contributed by atoms with Crippen molar-refractivity contribution in [2.75, 3.05) is 6.54 Å². The van der Waals surface area contributed by atoms with Gasteiger partial charge in [-0.15, -0.1) is 12.4 Å². The van der Waals surface area contributed by atoms with E-state index in [-0.39, 0.29) is 12.4 Å². The predicted molar refractivity (Wildman–Crippen MR) is 142 cm³/mol. The highest BCUT2D eigenvalue weighted by molar-refractivity contribution is 5.85. The SMILES string of the molecule is CCCCN(Cc1ccc(Oc2ccccc2)cc1)Cc1cncn1Cc1ccc(C#N)cc1.Cl. The van der Waals surface area contributed by atoms with E-state index in [0.717, 1.165) is 56.1 Å². The maximum Gasteiger partial charge on any atom is 0.127 e. The van der Waals surface area contributed by atoms with Crippen molar-refractivity contribution in [1.29, 1.82) is 5.26 Å². The molecular weight excluding hydrogens is 456 g/mol. The molecule has 0 saturated carbocycles. The average molecular weight is 487 g/mol. The largest absolute Gasteiger partial charge is 0.457 e. The summed E-state index contributed by atoms with van der Waals surface area (Å²) in [5.41, 5.74) is 4.28. The molecule has 0 N–H and O–H groups in total. The highest BCUT2D eigenvalue weighted by Crippen LogP contribution is 2.22. The Morgan fingerprint density at radius 3 is 2.26 bits per heavy atom.